The molecule has 2 rings (SSSR count). The Morgan fingerprint density at radius 3 is 2.50 bits per heavy atom. The minimum absolute atomic E-state index is 0.00384. The molecule has 1 heterocycles. The number of carbonyl (C=O) groups excluding carboxylic acids is 1. The fourth-order valence-corrected chi connectivity index (χ4v) is 2.39. The zero-order chi connectivity index (χ0) is 14.5. The van der Waals surface area contributed by atoms with Crippen LogP contribution in [0.3, 0.4) is 0 Å². The Morgan fingerprint density at radius 1 is 1.35 bits per heavy atom. The molecule has 2 atom stereocenters. The van der Waals surface area contributed by atoms with Gasteiger partial charge in [-0.2, -0.15) is 0 Å². The van der Waals surface area contributed by atoms with E-state index in [1.165, 1.54) is 24.3 Å². The third-order valence-electron chi connectivity index (χ3n) is 3.56. The van der Waals surface area contributed by atoms with Crippen LogP contribution in [0.1, 0.15) is 46.9 Å². The number of amides is 1. The quantitative estimate of drug-likeness (QED) is 0.864. The van der Waals surface area contributed by atoms with Crippen molar-refractivity contribution >= 4 is 11.9 Å². The summed E-state index contributed by atoms with van der Waals surface area (Å²) in [5.74, 6) is -1.19. The molecular formula is C15H19NO4. The Bertz CT molecular complexity index is 477. The standard InChI is InChI=1S/C15H19NO4/c1-2-12(13-4-3-9-20-13)16-14(17)10-5-7-11(8-6-10)15(18)19/h5-8,12-13H,2-4,9H2,1H3,(H,16,17)(H,18,19). The first-order valence-electron chi connectivity index (χ1n) is 6.87. The fourth-order valence-electron chi connectivity index (χ4n) is 2.39. The van der Waals surface area contributed by atoms with E-state index >= 15 is 0 Å². The highest BCUT2D eigenvalue weighted by Crippen LogP contribution is 2.18. The predicted molar refractivity (Wildman–Crippen MR) is 73.9 cm³/mol. The average Bonchev–Trinajstić information content (AvgIpc) is 2.98. The number of carbonyl (C=O) groups is 2. The summed E-state index contributed by atoms with van der Waals surface area (Å²) >= 11 is 0. The lowest BCUT2D eigenvalue weighted by Gasteiger charge is -2.22. The van der Waals surface area contributed by atoms with E-state index in [1.54, 1.807) is 0 Å². The van der Waals surface area contributed by atoms with Gasteiger partial charge in [0, 0.05) is 12.2 Å². The molecule has 1 aromatic carbocycles. The highest BCUT2D eigenvalue weighted by molar-refractivity contribution is 5.96. The summed E-state index contributed by atoms with van der Waals surface area (Å²) in [6.45, 7) is 2.77. The Kier molecular flexibility index (Phi) is 4.74. The molecule has 0 saturated carbocycles. The van der Waals surface area contributed by atoms with Crippen molar-refractivity contribution in [2.24, 2.45) is 0 Å². The van der Waals surface area contributed by atoms with E-state index in [0.29, 0.717) is 5.56 Å². The van der Waals surface area contributed by atoms with E-state index in [0.717, 1.165) is 25.9 Å². The summed E-state index contributed by atoms with van der Waals surface area (Å²) in [5.41, 5.74) is 0.638. The zero-order valence-electron chi connectivity index (χ0n) is 11.5. The minimum Gasteiger partial charge on any atom is -0.478 e. The van der Waals surface area contributed by atoms with E-state index in [1.807, 2.05) is 6.92 Å². The number of carboxylic acid groups (broad SMARTS) is 1. The molecule has 0 aliphatic carbocycles. The van der Waals surface area contributed by atoms with Gasteiger partial charge >= 0.3 is 5.97 Å². The molecule has 20 heavy (non-hydrogen) atoms. The average molecular weight is 277 g/mol. The lowest BCUT2D eigenvalue weighted by atomic mass is 10.0. The number of hydrogen-bond donors (Lipinski definition) is 2. The number of benzene rings is 1. The van der Waals surface area contributed by atoms with E-state index in [2.05, 4.69) is 5.32 Å². The molecule has 108 valence electrons. The van der Waals surface area contributed by atoms with Gasteiger partial charge < -0.3 is 15.2 Å². The van der Waals surface area contributed by atoms with Crippen LogP contribution >= 0.6 is 0 Å². The number of hydrogen-bond acceptors (Lipinski definition) is 3. The first-order chi connectivity index (χ1) is 9.61. The molecule has 1 aliphatic heterocycles. The van der Waals surface area contributed by atoms with E-state index in [4.69, 9.17) is 9.84 Å². The van der Waals surface area contributed by atoms with Gasteiger partial charge in [0.15, 0.2) is 0 Å². The Morgan fingerprint density at radius 2 is 2.00 bits per heavy atom. The summed E-state index contributed by atoms with van der Waals surface area (Å²) in [4.78, 5) is 22.9. The van der Waals surface area contributed by atoms with Crippen LogP contribution in [0.15, 0.2) is 24.3 Å². The molecule has 1 amide bonds. The summed E-state index contributed by atoms with van der Waals surface area (Å²) in [6.07, 6.45) is 2.90. The predicted octanol–water partition coefficient (Wildman–Crippen LogP) is 2.07. The molecular weight excluding hydrogens is 258 g/mol. The van der Waals surface area contributed by atoms with Crippen LogP contribution in [0.25, 0.3) is 0 Å². The van der Waals surface area contributed by atoms with Crippen molar-refractivity contribution in [3.63, 3.8) is 0 Å². The van der Waals surface area contributed by atoms with Gasteiger partial charge in [-0.15, -0.1) is 0 Å². The van der Waals surface area contributed by atoms with Gasteiger partial charge in [-0.3, -0.25) is 4.79 Å². The lowest BCUT2D eigenvalue weighted by molar-refractivity contribution is 0.0664. The monoisotopic (exact) mass is 277 g/mol. The molecule has 2 unspecified atom stereocenters. The highest BCUT2D eigenvalue weighted by atomic mass is 16.5. The zero-order valence-corrected chi connectivity index (χ0v) is 11.5. The number of aromatic carboxylic acids is 1. The van der Waals surface area contributed by atoms with E-state index in [-0.39, 0.29) is 23.6 Å². The van der Waals surface area contributed by atoms with E-state index in [9.17, 15) is 9.59 Å². The SMILES string of the molecule is CCC(NC(=O)c1ccc(C(=O)O)cc1)C1CCCO1. The third-order valence-corrected chi connectivity index (χ3v) is 3.56. The summed E-state index contributed by atoms with van der Waals surface area (Å²) < 4.78 is 5.60. The third kappa shape index (κ3) is 3.36. The summed E-state index contributed by atoms with van der Waals surface area (Å²) in [5, 5.41) is 11.8. The molecule has 1 fully saturated rings. The number of ether oxygens (including phenoxy) is 1. The molecule has 0 spiro atoms. The molecule has 0 bridgehead atoms. The molecule has 2 N–H and O–H groups in total. The second kappa shape index (κ2) is 6.52. The molecule has 1 aliphatic rings. The smallest absolute Gasteiger partial charge is 0.335 e. The molecule has 5 nitrogen and oxygen atoms in total. The van der Waals surface area contributed by atoms with Crippen molar-refractivity contribution in [3.05, 3.63) is 35.4 Å². The second-order valence-corrected chi connectivity index (χ2v) is 4.92. The summed E-state index contributed by atoms with van der Waals surface area (Å²) in [7, 11) is 0. The van der Waals surface area contributed by atoms with Gasteiger partial charge in [0.05, 0.1) is 17.7 Å². The van der Waals surface area contributed by atoms with Gasteiger partial charge in [0.2, 0.25) is 0 Å². The lowest BCUT2D eigenvalue weighted by Crippen LogP contribution is -2.42. The molecule has 0 radical (unpaired) electrons. The minimum atomic E-state index is -0.997. The largest absolute Gasteiger partial charge is 0.478 e. The topological polar surface area (TPSA) is 75.6 Å². The van der Waals surface area contributed by atoms with Gasteiger partial charge in [-0.05, 0) is 43.5 Å². The number of carboxylic acids is 1. The van der Waals surface area contributed by atoms with Crippen molar-refractivity contribution in [1.29, 1.82) is 0 Å². The van der Waals surface area contributed by atoms with Crippen molar-refractivity contribution in [2.45, 2.75) is 38.3 Å². The maximum absolute atomic E-state index is 12.1. The van der Waals surface area contributed by atoms with Crippen LogP contribution in [0.4, 0.5) is 0 Å². The van der Waals surface area contributed by atoms with Crippen molar-refractivity contribution < 1.29 is 19.4 Å². The highest BCUT2D eigenvalue weighted by Gasteiger charge is 2.26. The first kappa shape index (κ1) is 14.5. The van der Waals surface area contributed by atoms with Gasteiger partial charge in [-0.1, -0.05) is 6.92 Å². The van der Waals surface area contributed by atoms with Crippen LogP contribution in [0, 0.1) is 0 Å². The molecule has 0 aromatic heterocycles. The molecule has 1 saturated heterocycles. The normalized spacial score (nSPS) is 19.6. The molecule has 1 aromatic rings. The Balaban J connectivity index is 2.00. The number of rotatable bonds is 5. The van der Waals surface area contributed by atoms with Crippen molar-refractivity contribution in [3.8, 4) is 0 Å². The van der Waals surface area contributed by atoms with Crippen LogP contribution in [0.2, 0.25) is 0 Å². The molecule has 5 heteroatoms. The van der Waals surface area contributed by atoms with Crippen LogP contribution in [-0.4, -0.2) is 35.7 Å². The maximum atomic E-state index is 12.1. The fraction of sp³-hybridized carbons (Fsp3) is 0.467. The van der Waals surface area contributed by atoms with Crippen molar-refractivity contribution in [2.75, 3.05) is 6.61 Å². The Hall–Kier alpha value is -1.88. The first-order valence-corrected chi connectivity index (χ1v) is 6.87. The van der Waals surface area contributed by atoms with Crippen molar-refractivity contribution in [1.82, 2.24) is 5.32 Å². The van der Waals surface area contributed by atoms with Crippen LogP contribution in [0.5, 0.6) is 0 Å². The second-order valence-electron chi connectivity index (χ2n) is 4.92. The summed E-state index contributed by atoms with van der Waals surface area (Å²) in [6, 6.07) is 5.93. The van der Waals surface area contributed by atoms with Gasteiger partial charge in [0.1, 0.15) is 0 Å². The van der Waals surface area contributed by atoms with Crippen LogP contribution < -0.4 is 5.32 Å². The van der Waals surface area contributed by atoms with Gasteiger partial charge in [-0.25, -0.2) is 4.79 Å². The van der Waals surface area contributed by atoms with Gasteiger partial charge in [0.25, 0.3) is 5.91 Å². The van der Waals surface area contributed by atoms with E-state index < -0.39 is 5.97 Å². The Labute approximate surface area is 117 Å². The van der Waals surface area contributed by atoms with Crippen LogP contribution in [-0.2, 0) is 4.74 Å². The maximum Gasteiger partial charge on any atom is 0.335 e. The number of nitrogens with one attached hydrogen (secondary N) is 1.